The van der Waals surface area contributed by atoms with Gasteiger partial charge in [0.2, 0.25) is 0 Å². The van der Waals surface area contributed by atoms with Crippen molar-refractivity contribution in [1.82, 2.24) is 9.97 Å². The maximum atomic E-state index is 10.2. The van der Waals surface area contributed by atoms with Gasteiger partial charge in [0.05, 0.1) is 29.0 Å². The summed E-state index contributed by atoms with van der Waals surface area (Å²) in [6.07, 6.45) is 3.53. The molecule has 6 heteroatoms. The third kappa shape index (κ3) is 2.72. The topological polar surface area (TPSA) is 55.2 Å². The number of aliphatic hydroxyl groups is 1. The summed E-state index contributed by atoms with van der Waals surface area (Å²) >= 11 is 11.7. The second kappa shape index (κ2) is 5.52. The summed E-state index contributed by atoms with van der Waals surface area (Å²) < 4.78 is 5.04. The monoisotopic (exact) mass is 284 g/mol. The Labute approximate surface area is 114 Å². The van der Waals surface area contributed by atoms with Crippen molar-refractivity contribution >= 4 is 23.2 Å². The molecule has 1 N–H and O–H groups in total. The van der Waals surface area contributed by atoms with Crippen molar-refractivity contribution in [3.8, 4) is 5.75 Å². The van der Waals surface area contributed by atoms with Crippen molar-refractivity contribution in [3.05, 3.63) is 52.0 Å². The van der Waals surface area contributed by atoms with Crippen molar-refractivity contribution < 1.29 is 9.84 Å². The van der Waals surface area contributed by atoms with Crippen LogP contribution in [0.2, 0.25) is 10.0 Å². The first kappa shape index (κ1) is 13.1. The predicted octanol–water partition coefficient (Wildman–Crippen LogP) is 2.87. The normalized spacial score (nSPS) is 12.2. The van der Waals surface area contributed by atoms with E-state index in [1.165, 1.54) is 25.6 Å². The van der Waals surface area contributed by atoms with E-state index in [1.54, 1.807) is 12.3 Å². The van der Waals surface area contributed by atoms with Gasteiger partial charge in [-0.05, 0) is 12.1 Å². The fraction of sp³-hybridized carbons (Fsp3) is 0.167. The molecule has 2 rings (SSSR count). The van der Waals surface area contributed by atoms with Crippen LogP contribution in [0.5, 0.6) is 5.75 Å². The number of rotatable bonds is 3. The fourth-order valence-corrected chi connectivity index (χ4v) is 1.96. The molecule has 0 aliphatic rings. The van der Waals surface area contributed by atoms with Gasteiger partial charge in [-0.25, -0.2) is 0 Å². The second-order valence-corrected chi connectivity index (χ2v) is 4.42. The van der Waals surface area contributed by atoms with Crippen LogP contribution in [0.25, 0.3) is 0 Å². The van der Waals surface area contributed by atoms with Gasteiger partial charge in [-0.15, -0.1) is 0 Å². The van der Waals surface area contributed by atoms with Gasteiger partial charge in [0.1, 0.15) is 11.9 Å². The number of pyridine rings is 2. The van der Waals surface area contributed by atoms with E-state index in [4.69, 9.17) is 27.9 Å². The van der Waals surface area contributed by atoms with Gasteiger partial charge in [-0.2, -0.15) is 0 Å². The van der Waals surface area contributed by atoms with Gasteiger partial charge in [-0.1, -0.05) is 23.2 Å². The molecule has 2 heterocycles. The number of methoxy groups -OCH3 is 1. The first-order valence-corrected chi connectivity index (χ1v) is 5.85. The van der Waals surface area contributed by atoms with Crippen LogP contribution in [0.4, 0.5) is 0 Å². The Bertz CT molecular complexity index is 564. The smallest absolute Gasteiger partial charge is 0.137 e. The zero-order valence-corrected chi connectivity index (χ0v) is 11.0. The Morgan fingerprint density at radius 3 is 2.67 bits per heavy atom. The largest absolute Gasteiger partial charge is 0.495 e. The minimum absolute atomic E-state index is 0.304. The molecular formula is C12H10Cl2N2O2. The maximum absolute atomic E-state index is 10.2. The molecule has 0 saturated heterocycles. The summed E-state index contributed by atoms with van der Waals surface area (Å²) in [6, 6.07) is 3.20. The molecule has 94 valence electrons. The number of hydrogen-bond acceptors (Lipinski definition) is 4. The van der Waals surface area contributed by atoms with Gasteiger partial charge in [-0.3, -0.25) is 9.97 Å². The van der Waals surface area contributed by atoms with Crippen LogP contribution >= 0.6 is 23.2 Å². The average Bonchev–Trinajstić information content (AvgIpc) is 2.38. The first-order valence-electron chi connectivity index (χ1n) is 5.09. The van der Waals surface area contributed by atoms with Crippen molar-refractivity contribution in [2.24, 2.45) is 0 Å². The Balaban J connectivity index is 2.37. The molecule has 0 radical (unpaired) electrons. The van der Waals surface area contributed by atoms with Gasteiger partial charge in [0.25, 0.3) is 0 Å². The molecule has 2 aromatic rings. The molecule has 0 saturated carbocycles. The maximum Gasteiger partial charge on any atom is 0.137 e. The molecule has 0 aliphatic heterocycles. The van der Waals surface area contributed by atoms with Crippen molar-refractivity contribution in [3.63, 3.8) is 0 Å². The summed E-state index contributed by atoms with van der Waals surface area (Å²) in [5.74, 6) is 0.552. The first-order chi connectivity index (χ1) is 8.61. The Hall–Kier alpha value is -1.36. The minimum Gasteiger partial charge on any atom is -0.495 e. The summed E-state index contributed by atoms with van der Waals surface area (Å²) in [7, 11) is 1.53. The van der Waals surface area contributed by atoms with Gasteiger partial charge in [0.15, 0.2) is 0 Å². The molecule has 0 aromatic carbocycles. The number of aliphatic hydroxyl groups excluding tert-OH is 1. The molecule has 1 unspecified atom stereocenters. The third-order valence-electron chi connectivity index (χ3n) is 2.38. The summed E-state index contributed by atoms with van der Waals surface area (Å²) in [5.41, 5.74) is 0.877. The standard InChI is InChI=1S/C12H10Cl2N2O2/c1-18-9-2-7(4-15-6-9)12(17)11-10(14)3-8(13)5-16-11/h2-6,12,17H,1H3. The van der Waals surface area contributed by atoms with E-state index in [0.29, 0.717) is 27.1 Å². The molecule has 1 atom stereocenters. The van der Waals surface area contributed by atoms with Crippen LogP contribution in [0, 0.1) is 0 Å². The summed E-state index contributed by atoms with van der Waals surface area (Å²) in [5, 5.41) is 10.9. The lowest BCUT2D eigenvalue weighted by Crippen LogP contribution is -2.04. The van der Waals surface area contributed by atoms with E-state index in [-0.39, 0.29) is 0 Å². The lowest BCUT2D eigenvalue weighted by atomic mass is 10.1. The van der Waals surface area contributed by atoms with Gasteiger partial charge in [0, 0.05) is 18.0 Å². The Morgan fingerprint density at radius 2 is 2.00 bits per heavy atom. The lowest BCUT2D eigenvalue weighted by Gasteiger charge is -2.12. The minimum atomic E-state index is -0.975. The van der Waals surface area contributed by atoms with Crippen molar-refractivity contribution in [2.75, 3.05) is 7.11 Å². The van der Waals surface area contributed by atoms with Crippen LogP contribution in [0.3, 0.4) is 0 Å². The van der Waals surface area contributed by atoms with Crippen LogP contribution < -0.4 is 4.74 Å². The van der Waals surface area contributed by atoms with E-state index in [9.17, 15) is 5.11 Å². The highest BCUT2D eigenvalue weighted by atomic mass is 35.5. The predicted molar refractivity (Wildman–Crippen MR) is 69.1 cm³/mol. The van der Waals surface area contributed by atoms with Gasteiger partial charge >= 0.3 is 0 Å². The molecule has 0 fully saturated rings. The van der Waals surface area contributed by atoms with E-state index >= 15 is 0 Å². The molecule has 2 aromatic heterocycles. The number of aromatic nitrogens is 2. The molecule has 0 bridgehead atoms. The average molecular weight is 285 g/mol. The quantitative estimate of drug-likeness (QED) is 0.942. The van der Waals surface area contributed by atoms with Crippen LogP contribution in [0.15, 0.2) is 30.7 Å². The van der Waals surface area contributed by atoms with Crippen LogP contribution in [0.1, 0.15) is 17.4 Å². The van der Waals surface area contributed by atoms with Crippen molar-refractivity contribution in [2.45, 2.75) is 6.10 Å². The van der Waals surface area contributed by atoms with E-state index < -0.39 is 6.10 Å². The molecular weight excluding hydrogens is 275 g/mol. The molecule has 4 nitrogen and oxygen atoms in total. The summed E-state index contributed by atoms with van der Waals surface area (Å²) in [6.45, 7) is 0. The molecule has 0 amide bonds. The lowest BCUT2D eigenvalue weighted by molar-refractivity contribution is 0.214. The number of nitrogens with zero attached hydrogens (tertiary/aromatic N) is 2. The molecule has 0 aliphatic carbocycles. The zero-order chi connectivity index (χ0) is 13.1. The SMILES string of the molecule is COc1cncc(C(O)c2ncc(Cl)cc2Cl)c1. The summed E-state index contributed by atoms with van der Waals surface area (Å²) in [4.78, 5) is 7.99. The third-order valence-corrected chi connectivity index (χ3v) is 2.89. The number of halogens is 2. The number of hydrogen-bond donors (Lipinski definition) is 1. The zero-order valence-electron chi connectivity index (χ0n) is 9.47. The van der Waals surface area contributed by atoms with Crippen LogP contribution in [-0.4, -0.2) is 22.2 Å². The van der Waals surface area contributed by atoms with E-state index in [2.05, 4.69) is 9.97 Å². The molecule has 18 heavy (non-hydrogen) atoms. The highest BCUT2D eigenvalue weighted by molar-refractivity contribution is 6.34. The van der Waals surface area contributed by atoms with Crippen molar-refractivity contribution in [1.29, 1.82) is 0 Å². The van der Waals surface area contributed by atoms with Crippen LogP contribution in [-0.2, 0) is 0 Å². The second-order valence-electron chi connectivity index (χ2n) is 3.58. The van der Waals surface area contributed by atoms with E-state index in [1.807, 2.05) is 0 Å². The Morgan fingerprint density at radius 1 is 1.22 bits per heavy atom. The highest BCUT2D eigenvalue weighted by Gasteiger charge is 2.16. The van der Waals surface area contributed by atoms with Gasteiger partial charge < -0.3 is 9.84 Å². The van der Waals surface area contributed by atoms with E-state index in [0.717, 1.165) is 0 Å². The highest BCUT2D eigenvalue weighted by Crippen LogP contribution is 2.29. The fourth-order valence-electron chi connectivity index (χ4n) is 1.48. The molecule has 0 spiro atoms. The Kier molecular flexibility index (Phi) is 4.01. The number of ether oxygens (including phenoxy) is 1.